The number of hydrogen-bond donors (Lipinski definition) is 1. The number of fused-ring (bicyclic) bond motifs is 1. The van der Waals surface area contributed by atoms with E-state index in [0.29, 0.717) is 18.3 Å². The van der Waals surface area contributed by atoms with E-state index in [-0.39, 0.29) is 0 Å². The fourth-order valence-electron chi connectivity index (χ4n) is 1.06. The van der Waals surface area contributed by atoms with Gasteiger partial charge in [-0.2, -0.15) is 4.98 Å². The molecular formula is C8H8BrN3O. The highest BCUT2D eigenvalue weighted by atomic mass is 79.9. The Balaban J connectivity index is 2.49. The van der Waals surface area contributed by atoms with Crippen molar-refractivity contribution in [2.24, 2.45) is 0 Å². The molecule has 2 heterocycles. The van der Waals surface area contributed by atoms with E-state index in [0.717, 1.165) is 9.99 Å². The highest BCUT2D eigenvalue weighted by Crippen LogP contribution is 2.17. The number of nitrogens with zero attached hydrogens (tertiary/aromatic N) is 2. The van der Waals surface area contributed by atoms with Crippen LogP contribution in [0.15, 0.2) is 16.7 Å². The van der Waals surface area contributed by atoms with Gasteiger partial charge in [0.15, 0.2) is 5.65 Å². The zero-order valence-electron chi connectivity index (χ0n) is 7.04. The minimum absolute atomic E-state index is 0.517. The van der Waals surface area contributed by atoms with Crippen LogP contribution < -0.4 is 4.74 Å². The molecule has 0 saturated heterocycles. The smallest absolute Gasteiger partial charge is 0.296 e. The Labute approximate surface area is 83.5 Å². The highest BCUT2D eigenvalue weighted by molar-refractivity contribution is 9.10. The average Bonchev–Trinajstić information content (AvgIpc) is 2.46. The predicted molar refractivity (Wildman–Crippen MR) is 52.8 cm³/mol. The van der Waals surface area contributed by atoms with Gasteiger partial charge in [0.25, 0.3) is 6.01 Å². The summed E-state index contributed by atoms with van der Waals surface area (Å²) in [6.45, 7) is 2.51. The van der Waals surface area contributed by atoms with Crippen LogP contribution in [0.25, 0.3) is 11.2 Å². The van der Waals surface area contributed by atoms with Gasteiger partial charge in [-0.1, -0.05) is 0 Å². The first kappa shape index (κ1) is 8.50. The SMILES string of the molecule is CCOc1nc2ncc(Br)cc2[nH]1. The molecule has 2 aromatic heterocycles. The molecule has 5 heteroatoms. The molecule has 0 amide bonds. The van der Waals surface area contributed by atoms with Gasteiger partial charge in [-0.3, -0.25) is 0 Å². The van der Waals surface area contributed by atoms with Crippen molar-refractivity contribution in [1.82, 2.24) is 15.0 Å². The van der Waals surface area contributed by atoms with E-state index >= 15 is 0 Å². The van der Waals surface area contributed by atoms with Gasteiger partial charge in [0.2, 0.25) is 0 Å². The number of hydrogen-bond acceptors (Lipinski definition) is 3. The first-order chi connectivity index (χ1) is 6.29. The molecule has 1 N–H and O–H groups in total. The van der Waals surface area contributed by atoms with Gasteiger partial charge >= 0.3 is 0 Å². The van der Waals surface area contributed by atoms with Gasteiger partial charge < -0.3 is 9.72 Å². The Bertz CT molecular complexity index is 426. The van der Waals surface area contributed by atoms with Crippen LogP contribution in [-0.4, -0.2) is 21.6 Å². The minimum Gasteiger partial charge on any atom is -0.465 e. The quantitative estimate of drug-likeness (QED) is 0.877. The minimum atomic E-state index is 0.517. The fraction of sp³-hybridized carbons (Fsp3) is 0.250. The van der Waals surface area contributed by atoms with Crippen LogP contribution in [0.5, 0.6) is 6.01 Å². The van der Waals surface area contributed by atoms with Gasteiger partial charge in [-0.15, -0.1) is 0 Å². The van der Waals surface area contributed by atoms with Crippen molar-refractivity contribution >= 4 is 27.1 Å². The summed E-state index contributed by atoms with van der Waals surface area (Å²) in [6.07, 6.45) is 1.71. The second-order valence-electron chi connectivity index (χ2n) is 2.50. The van der Waals surface area contributed by atoms with Crippen molar-refractivity contribution in [3.05, 3.63) is 16.7 Å². The summed E-state index contributed by atoms with van der Waals surface area (Å²) in [6, 6.07) is 2.43. The number of H-pyrrole nitrogens is 1. The maximum absolute atomic E-state index is 5.21. The van der Waals surface area contributed by atoms with E-state index < -0.39 is 0 Å². The van der Waals surface area contributed by atoms with Gasteiger partial charge in [-0.05, 0) is 28.9 Å². The first-order valence-corrected chi connectivity index (χ1v) is 4.73. The number of pyridine rings is 1. The Morgan fingerprint density at radius 3 is 3.23 bits per heavy atom. The lowest BCUT2D eigenvalue weighted by atomic mass is 10.4. The highest BCUT2D eigenvalue weighted by Gasteiger charge is 2.03. The maximum Gasteiger partial charge on any atom is 0.296 e. The molecule has 0 aromatic carbocycles. The van der Waals surface area contributed by atoms with Crippen molar-refractivity contribution in [3.8, 4) is 6.01 Å². The number of imidazole rings is 1. The second kappa shape index (κ2) is 3.33. The summed E-state index contributed by atoms with van der Waals surface area (Å²) in [5.41, 5.74) is 1.55. The molecule has 4 nitrogen and oxygen atoms in total. The van der Waals surface area contributed by atoms with Crippen molar-refractivity contribution in [2.45, 2.75) is 6.92 Å². The largest absolute Gasteiger partial charge is 0.465 e. The number of halogens is 1. The van der Waals surface area contributed by atoms with Crippen LogP contribution in [-0.2, 0) is 0 Å². The fourth-order valence-corrected chi connectivity index (χ4v) is 1.39. The van der Waals surface area contributed by atoms with E-state index in [1.54, 1.807) is 6.20 Å². The van der Waals surface area contributed by atoms with Crippen molar-refractivity contribution in [1.29, 1.82) is 0 Å². The second-order valence-corrected chi connectivity index (χ2v) is 3.42. The average molecular weight is 242 g/mol. The maximum atomic E-state index is 5.21. The lowest BCUT2D eigenvalue weighted by molar-refractivity contribution is 0.317. The lowest BCUT2D eigenvalue weighted by Crippen LogP contribution is -1.92. The zero-order valence-corrected chi connectivity index (χ0v) is 8.63. The molecule has 13 heavy (non-hydrogen) atoms. The summed E-state index contributed by atoms with van der Waals surface area (Å²) in [5.74, 6) is 0. The molecule has 0 spiro atoms. The topological polar surface area (TPSA) is 50.8 Å². The Morgan fingerprint density at radius 2 is 2.46 bits per heavy atom. The molecule has 0 bridgehead atoms. The van der Waals surface area contributed by atoms with Crippen LogP contribution in [0, 0.1) is 0 Å². The summed E-state index contributed by atoms with van der Waals surface area (Å²) in [4.78, 5) is 11.3. The molecule has 0 unspecified atom stereocenters. The van der Waals surface area contributed by atoms with E-state index in [1.807, 2.05) is 13.0 Å². The monoisotopic (exact) mass is 241 g/mol. The summed E-state index contributed by atoms with van der Waals surface area (Å²) in [5, 5.41) is 0. The van der Waals surface area contributed by atoms with Crippen LogP contribution in [0.1, 0.15) is 6.92 Å². The number of rotatable bonds is 2. The zero-order chi connectivity index (χ0) is 9.26. The molecule has 2 rings (SSSR count). The molecule has 0 aliphatic carbocycles. The van der Waals surface area contributed by atoms with E-state index in [4.69, 9.17) is 4.74 Å². The number of ether oxygens (including phenoxy) is 1. The standard InChI is InChI=1S/C8H8BrN3O/c1-2-13-8-11-6-3-5(9)4-10-7(6)12-8/h3-4H,2H2,1H3,(H,10,11,12). The summed E-state index contributed by atoms with van der Waals surface area (Å²) < 4.78 is 6.13. The molecule has 68 valence electrons. The van der Waals surface area contributed by atoms with Gasteiger partial charge in [0.05, 0.1) is 12.1 Å². The third-order valence-electron chi connectivity index (χ3n) is 1.56. The van der Waals surface area contributed by atoms with E-state index in [2.05, 4.69) is 30.9 Å². The Morgan fingerprint density at radius 1 is 1.62 bits per heavy atom. The first-order valence-electron chi connectivity index (χ1n) is 3.93. The van der Waals surface area contributed by atoms with E-state index in [1.165, 1.54) is 0 Å². The summed E-state index contributed by atoms with van der Waals surface area (Å²) >= 11 is 3.33. The van der Waals surface area contributed by atoms with Gasteiger partial charge in [-0.25, -0.2) is 4.98 Å². The molecule has 2 aromatic rings. The normalized spacial score (nSPS) is 10.6. The van der Waals surface area contributed by atoms with Crippen LogP contribution in [0.4, 0.5) is 0 Å². The predicted octanol–water partition coefficient (Wildman–Crippen LogP) is 2.12. The van der Waals surface area contributed by atoms with Crippen LogP contribution in [0.3, 0.4) is 0 Å². The molecule has 0 aliphatic rings. The number of aromatic amines is 1. The Hall–Kier alpha value is -1.10. The number of nitrogens with one attached hydrogen (secondary N) is 1. The van der Waals surface area contributed by atoms with E-state index in [9.17, 15) is 0 Å². The third-order valence-corrected chi connectivity index (χ3v) is 2.00. The van der Waals surface area contributed by atoms with Crippen molar-refractivity contribution < 1.29 is 4.74 Å². The molecule has 0 radical (unpaired) electrons. The molecule has 0 aliphatic heterocycles. The molecule has 0 saturated carbocycles. The third kappa shape index (κ3) is 1.65. The molecular weight excluding hydrogens is 234 g/mol. The van der Waals surface area contributed by atoms with Crippen molar-refractivity contribution in [2.75, 3.05) is 6.61 Å². The van der Waals surface area contributed by atoms with Gasteiger partial charge in [0.1, 0.15) is 0 Å². The van der Waals surface area contributed by atoms with Crippen LogP contribution >= 0.6 is 15.9 Å². The van der Waals surface area contributed by atoms with Crippen molar-refractivity contribution in [3.63, 3.8) is 0 Å². The Kier molecular flexibility index (Phi) is 2.18. The van der Waals surface area contributed by atoms with Gasteiger partial charge in [0, 0.05) is 10.7 Å². The molecule has 0 atom stereocenters. The molecule has 0 fully saturated rings. The summed E-state index contributed by atoms with van der Waals surface area (Å²) in [7, 11) is 0. The van der Waals surface area contributed by atoms with Crippen LogP contribution in [0.2, 0.25) is 0 Å². The number of aromatic nitrogens is 3. The lowest BCUT2D eigenvalue weighted by Gasteiger charge is -1.92.